The Bertz CT molecular complexity index is 1200. The lowest BCUT2D eigenvalue weighted by molar-refractivity contribution is -0.129. The zero-order valence-electron chi connectivity index (χ0n) is 15.0. The van der Waals surface area contributed by atoms with Crippen molar-refractivity contribution in [2.45, 2.75) is 17.4 Å². The van der Waals surface area contributed by atoms with Crippen molar-refractivity contribution >= 4 is 79.1 Å². The molecule has 2 aliphatic heterocycles. The van der Waals surface area contributed by atoms with Crippen molar-refractivity contribution in [2.24, 2.45) is 5.14 Å². The number of nitrogens with two attached hydrogens (primary N) is 1. The van der Waals surface area contributed by atoms with Crippen LogP contribution in [-0.2, 0) is 24.4 Å². The van der Waals surface area contributed by atoms with Crippen LogP contribution < -0.4 is 10.0 Å². The van der Waals surface area contributed by atoms with Crippen molar-refractivity contribution in [1.82, 2.24) is 4.90 Å². The van der Waals surface area contributed by atoms with Gasteiger partial charge < -0.3 is 0 Å². The number of amides is 3. The number of primary sulfonamides is 1. The maximum absolute atomic E-state index is 13.0. The van der Waals surface area contributed by atoms with Crippen LogP contribution in [0.2, 0.25) is 0 Å². The fourth-order valence-corrected chi connectivity index (χ4v) is 5.72. The van der Waals surface area contributed by atoms with Gasteiger partial charge in [-0.2, -0.15) is 0 Å². The lowest BCUT2D eigenvalue weighted by atomic mass is 10.2. The maximum atomic E-state index is 13.0. The average molecular weight is 480 g/mol. The average Bonchev–Trinajstić information content (AvgIpc) is 3.35. The second-order valence-electron chi connectivity index (χ2n) is 6.39. The Morgan fingerprint density at radius 3 is 2.43 bits per heavy atom. The highest BCUT2D eigenvalue weighted by atomic mass is 32.2. The van der Waals surface area contributed by atoms with Gasteiger partial charge in [0.1, 0.15) is 10.4 Å². The van der Waals surface area contributed by atoms with Crippen LogP contribution in [-0.4, -0.2) is 41.4 Å². The van der Waals surface area contributed by atoms with Crippen LogP contribution >= 0.6 is 35.3 Å². The van der Waals surface area contributed by atoms with E-state index >= 15 is 0 Å². The molecule has 0 aliphatic carbocycles. The minimum atomic E-state index is -3.90. The monoisotopic (exact) mass is 479 g/mol. The molecule has 4 rings (SSSR count). The molecule has 12 heteroatoms. The van der Waals surface area contributed by atoms with Gasteiger partial charge in [-0.3, -0.25) is 19.3 Å². The molecular formula is C18H13N3O5S4. The molecule has 2 aromatic rings. The van der Waals surface area contributed by atoms with E-state index in [0.29, 0.717) is 4.91 Å². The van der Waals surface area contributed by atoms with E-state index < -0.39 is 33.8 Å². The molecule has 0 spiro atoms. The number of carbonyl (C=O) groups is 3. The van der Waals surface area contributed by atoms with Crippen molar-refractivity contribution < 1.29 is 22.8 Å². The Labute approximate surface area is 185 Å². The quantitative estimate of drug-likeness (QED) is 0.404. The predicted molar refractivity (Wildman–Crippen MR) is 118 cm³/mol. The topological polar surface area (TPSA) is 118 Å². The number of thioether (sulfide) groups is 1. The summed E-state index contributed by atoms with van der Waals surface area (Å²) in [5.74, 6) is -1.53. The van der Waals surface area contributed by atoms with Gasteiger partial charge in [0, 0.05) is 4.88 Å². The smallest absolute Gasteiger partial charge is 0.266 e. The minimum Gasteiger partial charge on any atom is -0.280 e. The number of hydrogen-bond donors (Lipinski definition) is 1. The summed E-state index contributed by atoms with van der Waals surface area (Å²) in [6.07, 6.45) is 1.49. The molecule has 0 unspecified atom stereocenters. The molecule has 1 atom stereocenters. The number of nitrogens with zero attached hydrogens (tertiary/aromatic N) is 2. The number of hydrogen-bond acceptors (Lipinski definition) is 8. The molecule has 0 radical (unpaired) electrons. The van der Waals surface area contributed by atoms with Crippen LogP contribution in [0.5, 0.6) is 0 Å². The number of rotatable bonds is 4. The summed E-state index contributed by atoms with van der Waals surface area (Å²) in [7, 11) is -3.90. The Hall–Kier alpha value is -2.38. The molecule has 2 fully saturated rings. The largest absolute Gasteiger partial charge is 0.280 e. The number of thiocarbonyl (C=S) groups is 1. The van der Waals surface area contributed by atoms with Crippen LogP contribution in [0.3, 0.4) is 0 Å². The fourth-order valence-electron chi connectivity index (χ4n) is 3.12. The first-order chi connectivity index (χ1) is 14.2. The Kier molecular flexibility index (Phi) is 5.36. The number of sulfonamides is 1. The third kappa shape index (κ3) is 3.72. The van der Waals surface area contributed by atoms with Crippen molar-refractivity contribution in [3.63, 3.8) is 0 Å². The number of benzene rings is 1. The van der Waals surface area contributed by atoms with E-state index in [1.165, 1.54) is 40.5 Å². The van der Waals surface area contributed by atoms with Crippen LogP contribution in [0.25, 0.3) is 6.08 Å². The normalized spacial score (nSPS) is 21.4. The van der Waals surface area contributed by atoms with Crippen molar-refractivity contribution in [1.29, 1.82) is 0 Å². The zero-order chi connectivity index (χ0) is 21.6. The number of imide groups is 1. The summed E-state index contributed by atoms with van der Waals surface area (Å²) in [6, 6.07) is 7.73. The molecule has 1 aromatic carbocycles. The van der Waals surface area contributed by atoms with Gasteiger partial charge in [-0.1, -0.05) is 30.0 Å². The molecule has 3 heterocycles. The molecule has 2 saturated heterocycles. The Morgan fingerprint density at radius 2 is 1.83 bits per heavy atom. The molecule has 30 heavy (non-hydrogen) atoms. The maximum Gasteiger partial charge on any atom is 0.266 e. The van der Waals surface area contributed by atoms with E-state index in [0.717, 1.165) is 21.5 Å². The molecule has 2 N–H and O–H groups in total. The van der Waals surface area contributed by atoms with E-state index in [9.17, 15) is 22.8 Å². The van der Waals surface area contributed by atoms with E-state index in [1.807, 2.05) is 17.5 Å². The first-order valence-electron chi connectivity index (χ1n) is 8.47. The van der Waals surface area contributed by atoms with Gasteiger partial charge in [-0.05, 0) is 41.8 Å². The molecule has 0 saturated carbocycles. The van der Waals surface area contributed by atoms with Crippen molar-refractivity contribution in [3.8, 4) is 0 Å². The first kappa shape index (κ1) is 20.9. The highest BCUT2D eigenvalue weighted by Gasteiger charge is 2.48. The van der Waals surface area contributed by atoms with Gasteiger partial charge in [0.25, 0.3) is 11.8 Å². The molecule has 1 aromatic heterocycles. The first-order valence-corrected chi connectivity index (χ1v) is 12.1. The van der Waals surface area contributed by atoms with Gasteiger partial charge in [0.05, 0.1) is 21.9 Å². The summed E-state index contributed by atoms with van der Waals surface area (Å²) in [5, 5.41) is 6.95. The highest BCUT2D eigenvalue weighted by Crippen LogP contribution is 2.37. The lowest BCUT2D eigenvalue weighted by Gasteiger charge is -2.21. The molecule has 2 aliphatic rings. The van der Waals surface area contributed by atoms with E-state index in [4.69, 9.17) is 17.4 Å². The van der Waals surface area contributed by atoms with Crippen LogP contribution in [0.1, 0.15) is 11.3 Å². The summed E-state index contributed by atoms with van der Waals surface area (Å²) in [5.41, 5.74) is 0.194. The molecule has 3 amide bonds. The van der Waals surface area contributed by atoms with E-state index in [1.54, 1.807) is 6.08 Å². The molecule has 0 bridgehead atoms. The van der Waals surface area contributed by atoms with Crippen LogP contribution in [0.4, 0.5) is 5.69 Å². The van der Waals surface area contributed by atoms with E-state index in [-0.39, 0.29) is 21.3 Å². The zero-order valence-corrected chi connectivity index (χ0v) is 18.3. The van der Waals surface area contributed by atoms with Crippen LogP contribution in [0, 0.1) is 0 Å². The second-order valence-corrected chi connectivity index (χ2v) is 10.6. The standard InChI is InChI=1S/C18H13N3O5S4/c19-30(25,26)12-5-3-10(4-6-12)20-15(22)9-13(16(20)23)21-17(24)14(29-18(21)27)8-11-2-1-7-28-11/h1-8,13H,9H2,(H2,19,25,26)/b14-8-/t13-/m0/s1. The Morgan fingerprint density at radius 1 is 1.13 bits per heavy atom. The van der Waals surface area contributed by atoms with Crippen molar-refractivity contribution in [3.05, 3.63) is 51.6 Å². The molecule has 154 valence electrons. The summed E-state index contributed by atoms with van der Waals surface area (Å²) in [6.45, 7) is 0. The SMILES string of the molecule is NS(=O)(=O)c1ccc(N2C(=O)C[C@H](N3C(=O)/C(=C/c4cccs4)SC3=S)C2=O)cc1. The second kappa shape index (κ2) is 7.71. The summed E-state index contributed by atoms with van der Waals surface area (Å²) < 4.78 is 23.0. The van der Waals surface area contributed by atoms with Gasteiger partial charge in [-0.25, -0.2) is 18.5 Å². The molecule has 8 nitrogen and oxygen atoms in total. The number of anilines is 1. The summed E-state index contributed by atoms with van der Waals surface area (Å²) >= 11 is 7.85. The Balaban J connectivity index is 1.60. The summed E-state index contributed by atoms with van der Waals surface area (Å²) in [4.78, 5) is 41.6. The van der Waals surface area contributed by atoms with Gasteiger partial charge in [0.15, 0.2) is 0 Å². The minimum absolute atomic E-state index is 0.141. The third-order valence-electron chi connectivity index (χ3n) is 4.50. The lowest BCUT2D eigenvalue weighted by Crippen LogP contribution is -2.44. The van der Waals surface area contributed by atoms with Crippen LogP contribution in [0.15, 0.2) is 51.6 Å². The highest BCUT2D eigenvalue weighted by molar-refractivity contribution is 8.26. The number of carbonyl (C=O) groups excluding carboxylic acids is 3. The van der Waals surface area contributed by atoms with E-state index in [2.05, 4.69) is 0 Å². The molecular weight excluding hydrogens is 466 g/mol. The predicted octanol–water partition coefficient (Wildman–Crippen LogP) is 1.93. The number of thiophene rings is 1. The van der Waals surface area contributed by atoms with Gasteiger partial charge in [-0.15, -0.1) is 11.3 Å². The van der Waals surface area contributed by atoms with Gasteiger partial charge >= 0.3 is 0 Å². The van der Waals surface area contributed by atoms with Crippen molar-refractivity contribution in [2.75, 3.05) is 4.90 Å². The fraction of sp³-hybridized carbons (Fsp3) is 0.111. The van der Waals surface area contributed by atoms with Gasteiger partial charge in [0.2, 0.25) is 15.9 Å². The third-order valence-corrected chi connectivity index (χ3v) is 7.58.